The summed E-state index contributed by atoms with van der Waals surface area (Å²) >= 11 is 0. The van der Waals surface area contributed by atoms with Crippen LogP contribution in [0, 0.1) is 6.92 Å². The van der Waals surface area contributed by atoms with Gasteiger partial charge in [-0.1, -0.05) is 24.3 Å². The molecule has 1 unspecified atom stereocenters. The zero-order chi connectivity index (χ0) is 17.9. The van der Waals surface area contributed by atoms with Crippen LogP contribution in [0.1, 0.15) is 17.2 Å². The van der Waals surface area contributed by atoms with Gasteiger partial charge < -0.3 is 10.4 Å². The van der Waals surface area contributed by atoms with Crippen LogP contribution in [0.5, 0.6) is 0 Å². The van der Waals surface area contributed by atoms with Gasteiger partial charge in [-0.3, -0.25) is 0 Å². The van der Waals surface area contributed by atoms with Gasteiger partial charge >= 0.3 is 0 Å². The lowest BCUT2D eigenvalue weighted by molar-refractivity contribution is 0.191. The molecule has 1 atom stereocenters. The van der Waals surface area contributed by atoms with Gasteiger partial charge in [0.15, 0.2) is 5.65 Å². The van der Waals surface area contributed by atoms with Crippen molar-refractivity contribution in [2.75, 3.05) is 11.9 Å². The summed E-state index contributed by atoms with van der Waals surface area (Å²) in [4.78, 5) is 16.9. The Morgan fingerprint density at radius 1 is 1.08 bits per heavy atom. The standard InChI is InChI=1S/C18H17N7O/c1-12-5-2-3-6-13(12)15(26)10-21-16-14-9-24-25(17(14)23-11-22-16)18-19-7-4-8-20-18/h2-9,11,15,26H,10H2,1H3,(H,21,22,23). The summed E-state index contributed by atoms with van der Waals surface area (Å²) in [7, 11) is 0. The van der Waals surface area contributed by atoms with Gasteiger partial charge in [0.25, 0.3) is 5.95 Å². The van der Waals surface area contributed by atoms with Gasteiger partial charge in [-0.25, -0.2) is 19.9 Å². The van der Waals surface area contributed by atoms with Crippen molar-refractivity contribution in [3.63, 3.8) is 0 Å². The van der Waals surface area contributed by atoms with Gasteiger partial charge in [-0.15, -0.1) is 0 Å². The SMILES string of the molecule is Cc1ccccc1C(O)CNc1ncnc2c1cnn2-c1ncccn1. The van der Waals surface area contributed by atoms with Crippen molar-refractivity contribution in [2.45, 2.75) is 13.0 Å². The van der Waals surface area contributed by atoms with Gasteiger partial charge in [-0.2, -0.15) is 9.78 Å². The zero-order valence-corrected chi connectivity index (χ0v) is 14.1. The Balaban J connectivity index is 1.60. The molecule has 0 fully saturated rings. The van der Waals surface area contributed by atoms with E-state index in [1.54, 1.807) is 29.3 Å². The van der Waals surface area contributed by atoms with Crippen molar-refractivity contribution in [3.8, 4) is 5.95 Å². The second-order valence-electron chi connectivity index (χ2n) is 5.82. The molecule has 3 heterocycles. The number of benzene rings is 1. The molecule has 2 N–H and O–H groups in total. The number of hydrogen-bond donors (Lipinski definition) is 2. The summed E-state index contributed by atoms with van der Waals surface area (Å²) in [6, 6.07) is 9.50. The number of anilines is 1. The summed E-state index contributed by atoms with van der Waals surface area (Å²) in [6.45, 7) is 2.30. The van der Waals surface area contributed by atoms with E-state index < -0.39 is 6.10 Å². The Kier molecular flexibility index (Phi) is 4.24. The molecule has 8 heteroatoms. The van der Waals surface area contributed by atoms with E-state index in [4.69, 9.17) is 0 Å². The molecule has 0 amide bonds. The Morgan fingerprint density at radius 3 is 2.69 bits per heavy atom. The first-order valence-electron chi connectivity index (χ1n) is 8.17. The molecule has 0 spiro atoms. The lowest BCUT2D eigenvalue weighted by Crippen LogP contribution is -2.14. The first kappa shape index (κ1) is 16.1. The highest BCUT2D eigenvalue weighted by atomic mass is 16.3. The molecule has 4 rings (SSSR count). The van der Waals surface area contributed by atoms with Crippen LogP contribution in [0.4, 0.5) is 5.82 Å². The predicted octanol–water partition coefficient (Wildman–Crippen LogP) is 2.06. The second kappa shape index (κ2) is 6.85. The van der Waals surface area contributed by atoms with Crippen molar-refractivity contribution in [1.29, 1.82) is 0 Å². The van der Waals surface area contributed by atoms with Crippen molar-refractivity contribution < 1.29 is 5.11 Å². The van der Waals surface area contributed by atoms with E-state index >= 15 is 0 Å². The van der Waals surface area contributed by atoms with E-state index in [-0.39, 0.29) is 0 Å². The molecule has 0 bridgehead atoms. The minimum absolute atomic E-state index is 0.323. The van der Waals surface area contributed by atoms with Gasteiger partial charge in [0.1, 0.15) is 12.1 Å². The van der Waals surface area contributed by atoms with Gasteiger partial charge in [0.2, 0.25) is 0 Å². The molecule has 0 aliphatic heterocycles. The minimum Gasteiger partial charge on any atom is -0.387 e. The van der Waals surface area contributed by atoms with E-state index in [2.05, 4.69) is 30.4 Å². The molecule has 1 aromatic carbocycles. The number of aromatic nitrogens is 6. The van der Waals surface area contributed by atoms with Crippen molar-refractivity contribution in [3.05, 3.63) is 66.4 Å². The van der Waals surface area contributed by atoms with Crippen molar-refractivity contribution >= 4 is 16.9 Å². The molecule has 4 aromatic rings. The highest BCUT2D eigenvalue weighted by Gasteiger charge is 2.14. The van der Waals surface area contributed by atoms with Crippen LogP contribution in [0.3, 0.4) is 0 Å². The van der Waals surface area contributed by atoms with Crippen LogP contribution in [-0.4, -0.2) is 41.4 Å². The Morgan fingerprint density at radius 2 is 1.88 bits per heavy atom. The number of hydrogen-bond acceptors (Lipinski definition) is 7. The number of aryl methyl sites for hydroxylation is 1. The van der Waals surface area contributed by atoms with Gasteiger partial charge in [0, 0.05) is 18.9 Å². The lowest BCUT2D eigenvalue weighted by Gasteiger charge is -2.15. The summed E-state index contributed by atoms with van der Waals surface area (Å²) in [5.41, 5.74) is 2.53. The maximum Gasteiger partial charge on any atom is 0.252 e. The molecule has 0 aliphatic carbocycles. The fraction of sp³-hybridized carbons (Fsp3) is 0.167. The molecule has 0 aliphatic rings. The van der Waals surface area contributed by atoms with Gasteiger partial charge in [-0.05, 0) is 24.1 Å². The quantitative estimate of drug-likeness (QED) is 0.570. The maximum atomic E-state index is 10.5. The number of rotatable bonds is 5. The van der Waals surface area contributed by atoms with Crippen molar-refractivity contribution in [1.82, 2.24) is 29.7 Å². The maximum absolute atomic E-state index is 10.5. The fourth-order valence-electron chi connectivity index (χ4n) is 2.80. The Hall–Kier alpha value is -3.39. The number of nitrogens with zero attached hydrogens (tertiary/aromatic N) is 6. The zero-order valence-electron chi connectivity index (χ0n) is 14.1. The average molecular weight is 347 g/mol. The van der Waals surface area contributed by atoms with E-state index in [0.717, 1.165) is 16.5 Å². The molecule has 0 saturated carbocycles. The monoisotopic (exact) mass is 347 g/mol. The smallest absolute Gasteiger partial charge is 0.252 e. The Labute approximate surface area is 149 Å². The number of aliphatic hydroxyl groups excluding tert-OH is 1. The van der Waals surface area contributed by atoms with Gasteiger partial charge in [0.05, 0.1) is 17.7 Å². The second-order valence-corrected chi connectivity index (χ2v) is 5.82. The normalized spacial score (nSPS) is 12.2. The van der Waals surface area contributed by atoms with Crippen LogP contribution in [0.25, 0.3) is 17.0 Å². The summed E-state index contributed by atoms with van der Waals surface area (Å²) in [6.07, 6.45) is 5.76. The van der Waals surface area contributed by atoms with E-state index in [0.29, 0.717) is 24.0 Å². The first-order valence-corrected chi connectivity index (χ1v) is 8.17. The fourth-order valence-corrected chi connectivity index (χ4v) is 2.80. The Bertz CT molecular complexity index is 1030. The molecule has 0 saturated heterocycles. The molecule has 8 nitrogen and oxygen atoms in total. The van der Waals surface area contributed by atoms with Crippen LogP contribution in [0.2, 0.25) is 0 Å². The predicted molar refractivity (Wildman–Crippen MR) is 96.9 cm³/mol. The number of aliphatic hydroxyl groups is 1. The lowest BCUT2D eigenvalue weighted by atomic mass is 10.0. The molecule has 130 valence electrons. The summed E-state index contributed by atoms with van der Waals surface area (Å²) in [5, 5.41) is 18.7. The van der Waals surface area contributed by atoms with Crippen LogP contribution >= 0.6 is 0 Å². The molecular weight excluding hydrogens is 330 g/mol. The number of nitrogens with one attached hydrogen (secondary N) is 1. The van der Waals surface area contributed by atoms with Crippen molar-refractivity contribution in [2.24, 2.45) is 0 Å². The third-order valence-corrected chi connectivity index (χ3v) is 4.12. The third kappa shape index (κ3) is 2.98. The van der Waals surface area contributed by atoms with Crippen LogP contribution in [-0.2, 0) is 0 Å². The largest absolute Gasteiger partial charge is 0.387 e. The molecule has 26 heavy (non-hydrogen) atoms. The van der Waals surface area contributed by atoms with E-state index in [1.165, 1.54) is 6.33 Å². The van der Waals surface area contributed by atoms with E-state index in [9.17, 15) is 5.11 Å². The van der Waals surface area contributed by atoms with Crippen LogP contribution in [0.15, 0.2) is 55.2 Å². The average Bonchev–Trinajstić information content (AvgIpc) is 3.12. The topological polar surface area (TPSA) is 102 Å². The summed E-state index contributed by atoms with van der Waals surface area (Å²) < 4.78 is 1.56. The third-order valence-electron chi connectivity index (χ3n) is 4.12. The highest BCUT2D eigenvalue weighted by molar-refractivity contribution is 5.86. The molecule has 0 radical (unpaired) electrons. The minimum atomic E-state index is -0.645. The summed E-state index contributed by atoms with van der Waals surface area (Å²) in [5.74, 6) is 1.04. The van der Waals surface area contributed by atoms with Crippen LogP contribution < -0.4 is 5.32 Å². The highest BCUT2D eigenvalue weighted by Crippen LogP contribution is 2.22. The number of fused-ring (bicyclic) bond motifs is 1. The molecule has 3 aromatic heterocycles. The molecular formula is C18H17N7O. The first-order chi connectivity index (χ1) is 12.7. The van der Waals surface area contributed by atoms with E-state index in [1.807, 2.05) is 31.2 Å².